The van der Waals surface area contributed by atoms with E-state index in [0.29, 0.717) is 11.8 Å². The van der Waals surface area contributed by atoms with Crippen molar-refractivity contribution in [2.45, 2.75) is 18.8 Å². The van der Waals surface area contributed by atoms with Crippen molar-refractivity contribution < 1.29 is 4.79 Å². The fraction of sp³-hybridized carbons (Fsp3) is 0.364. The summed E-state index contributed by atoms with van der Waals surface area (Å²) < 4.78 is 0. The summed E-state index contributed by atoms with van der Waals surface area (Å²) in [5.74, 6) is 0.969. The van der Waals surface area contributed by atoms with Gasteiger partial charge in [-0.2, -0.15) is 0 Å². The van der Waals surface area contributed by atoms with E-state index < -0.39 is 0 Å². The van der Waals surface area contributed by atoms with Crippen LogP contribution in [0.15, 0.2) is 30.3 Å². The molecule has 12 heavy (non-hydrogen) atoms. The zero-order chi connectivity index (χ0) is 8.39. The summed E-state index contributed by atoms with van der Waals surface area (Å²) in [5, 5.41) is 0. The van der Waals surface area contributed by atoms with Gasteiger partial charge in [-0.05, 0) is 24.3 Å². The molecule has 0 radical (unpaired) electrons. The molecule has 0 spiro atoms. The van der Waals surface area contributed by atoms with Crippen molar-refractivity contribution in [2.75, 3.05) is 0 Å². The molecule has 1 aliphatic rings. The molecule has 0 heterocycles. The molecule has 0 aliphatic heterocycles. The molecule has 0 bridgehead atoms. The van der Waals surface area contributed by atoms with Crippen molar-refractivity contribution in [1.82, 2.24) is 0 Å². The van der Waals surface area contributed by atoms with Gasteiger partial charge < -0.3 is 4.79 Å². The number of rotatable bonds is 2. The number of aldehydes is 1. The van der Waals surface area contributed by atoms with E-state index >= 15 is 0 Å². The van der Waals surface area contributed by atoms with Crippen molar-refractivity contribution in [1.29, 1.82) is 0 Å². The Kier molecular flexibility index (Phi) is 1.94. The van der Waals surface area contributed by atoms with Crippen molar-refractivity contribution in [3.05, 3.63) is 35.9 Å². The maximum atomic E-state index is 10.4. The van der Waals surface area contributed by atoms with E-state index in [4.69, 9.17) is 0 Å². The predicted molar refractivity (Wildman–Crippen MR) is 48.0 cm³/mol. The Morgan fingerprint density at radius 1 is 1.17 bits per heavy atom. The Balaban J connectivity index is 2.01. The maximum Gasteiger partial charge on any atom is 0.123 e. The molecule has 1 saturated carbocycles. The van der Waals surface area contributed by atoms with E-state index in [0.717, 1.165) is 19.1 Å². The van der Waals surface area contributed by atoms with Gasteiger partial charge in [0.2, 0.25) is 0 Å². The summed E-state index contributed by atoms with van der Waals surface area (Å²) >= 11 is 0. The molecule has 0 amide bonds. The van der Waals surface area contributed by atoms with Crippen molar-refractivity contribution in [3.8, 4) is 0 Å². The first kappa shape index (κ1) is 7.53. The van der Waals surface area contributed by atoms with Crippen molar-refractivity contribution in [2.24, 2.45) is 5.92 Å². The van der Waals surface area contributed by atoms with E-state index in [2.05, 4.69) is 24.3 Å². The van der Waals surface area contributed by atoms with E-state index in [-0.39, 0.29) is 0 Å². The van der Waals surface area contributed by atoms with Crippen LogP contribution in [-0.2, 0) is 4.79 Å². The molecule has 0 atom stereocenters. The second kappa shape index (κ2) is 3.10. The van der Waals surface area contributed by atoms with Gasteiger partial charge in [-0.3, -0.25) is 0 Å². The highest BCUT2D eigenvalue weighted by atomic mass is 16.1. The third kappa shape index (κ3) is 1.27. The molecule has 1 fully saturated rings. The molecular weight excluding hydrogens is 148 g/mol. The highest BCUT2D eigenvalue weighted by Crippen LogP contribution is 2.39. The van der Waals surface area contributed by atoms with Gasteiger partial charge in [-0.15, -0.1) is 0 Å². The monoisotopic (exact) mass is 160 g/mol. The molecule has 1 heteroatoms. The lowest BCUT2D eigenvalue weighted by molar-refractivity contribution is -0.113. The van der Waals surface area contributed by atoms with Crippen LogP contribution in [0.2, 0.25) is 0 Å². The van der Waals surface area contributed by atoms with Crippen LogP contribution in [0.5, 0.6) is 0 Å². The van der Waals surface area contributed by atoms with Crippen LogP contribution < -0.4 is 0 Å². The third-order valence-electron chi connectivity index (χ3n) is 2.64. The smallest absolute Gasteiger partial charge is 0.123 e. The van der Waals surface area contributed by atoms with Gasteiger partial charge in [0.05, 0.1) is 0 Å². The third-order valence-corrected chi connectivity index (χ3v) is 2.64. The first-order chi connectivity index (χ1) is 5.90. The Bertz CT molecular complexity index is 260. The van der Waals surface area contributed by atoms with E-state index in [1.54, 1.807) is 0 Å². The zero-order valence-electron chi connectivity index (χ0n) is 6.94. The van der Waals surface area contributed by atoms with Crippen LogP contribution in [-0.4, -0.2) is 6.29 Å². The van der Waals surface area contributed by atoms with Gasteiger partial charge >= 0.3 is 0 Å². The van der Waals surface area contributed by atoms with Crippen LogP contribution in [0.1, 0.15) is 24.3 Å². The minimum atomic E-state index is 0.329. The van der Waals surface area contributed by atoms with Crippen molar-refractivity contribution in [3.63, 3.8) is 0 Å². The lowest BCUT2D eigenvalue weighted by Crippen LogP contribution is -2.22. The van der Waals surface area contributed by atoms with Crippen molar-refractivity contribution >= 4 is 6.29 Å². The first-order valence-corrected chi connectivity index (χ1v) is 4.40. The SMILES string of the molecule is O=C[C@H]1C[C@H](c2ccccc2)C1. The van der Waals surface area contributed by atoms with Gasteiger partial charge in [-0.25, -0.2) is 0 Å². The number of hydrogen-bond acceptors (Lipinski definition) is 1. The average molecular weight is 160 g/mol. The molecule has 1 aromatic carbocycles. The number of hydrogen-bond donors (Lipinski definition) is 0. The largest absolute Gasteiger partial charge is 0.303 e. The second-order valence-electron chi connectivity index (χ2n) is 3.48. The molecule has 0 N–H and O–H groups in total. The lowest BCUT2D eigenvalue weighted by Gasteiger charge is -2.31. The first-order valence-electron chi connectivity index (χ1n) is 4.40. The molecule has 1 aliphatic carbocycles. The van der Waals surface area contributed by atoms with Crippen LogP contribution in [0.4, 0.5) is 0 Å². The van der Waals surface area contributed by atoms with Gasteiger partial charge in [0.25, 0.3) is 0 Å². The molecule has 62 valence electrons. The maximum absolute atomic E-state index is 10.4. The predicted octanol–water partition coefficient (Wildman–Crippen LogP) is 2.38. The molecule has 0 aromatic heterocycles. The molecule has 2 rings (SSSR count). The summed E-state index contributed by atoms with van der Waals surface area (Å²) in [6, 6.07) is 10.4. The molecule has 1 nitrogen and oxygen atoms in total. The average Bonchev–Trinajstić information content (AvgIpc) is 2.04. The molecular formula is C11H12O. The second-order valence-corrected chi connectivity index (χ2v) is 3.48. The van der Waals surface area contributed by atoms with Crippen LogP contribution in [0.25, 0.3) is 0 Å². The lowest BCUT2D eigenvalue weighted by atomic mass is 9.72. The quantitative estimate of drug-likeness (QED) is 0.607. The number of benzene rings is 1. The Morgan fingerprint density at radius 3 is 2.42 bits per heavy atom. The van der Waals surface area contributed by atoms with Gasteiger partial charge in [0.15, 0.2) is 0 Å². The van der Waals surface area contributed by atoms with Crippen LogP contribution >= 0.6 is 0 Å². The van der Waals surface area contributed by atoms with Gasteiger partial charge in [-0.1, -0.05) is 30.3 Å². The van der Waals surface area contributed by atoms with E-state index in [9.17, 15) is 4.79 Å². The van der Waals surface area contributed by atoms with Gasteiger partial charge in [0, 0.05) is 5.92 Å². The standard InChI is InChI=1S/C11H12O/c12-8-9-6-11(7-9)10-4-2-1-3-5-10/h1-5,8-9,11H,6-7H2/t9-,11-. The summed E-state index contributed by atoms with van der Waals surface area (Å²) in [7, 11) is 0. The fourth-order valence-electron chi connectivity index (χ4n) is 1.77. The van der Waals surface area contributed by atoms with Crippen LogP contribution in [0.3, 0.4) is 0 Å². The minimum Gasteiger partial charge on any atom is -0.303 e. The highest BCUT2D eigenvalue weighted by Gasteiger charge is 2.29. The molecule has 1 aromatic rings. The van der Waals surface area contributed by atoms with E-state index in [1.807, 2.05) is 6.07 Å². The Hall–Kier alpha value is -1.11. The number of carbonyl (C=O) groups is 1. The fourth-order valence-corrected chi connectivity index (χ4v) is 1.77. The Labute approximate surface area is 72.4 Å². The zero-order valence-corrected chi connectivity index (χ0v) is 6.94. The Morgan fingerprint density at radius 2 is 1.83 bits per heavy atom. The molecule has 0 unspecified atom stereocenters. The number of carbonyl (C=O) groups excluding carboxylic acids is 1. The highest BCUT2D eigenvalue weighted by molar-refractivity contribution is 5.56. The summed E-state index contributed by atoms with van der Waals surface area (Å²) in [4.78, 5) is 10.4. The van der Waals surface area contributed by atoms with Gasteiger partial charge in [0.1, 0.15) is 6.29 Å². The van der Waals surface area contributed by atoms with E-state index in [1.165, 1.54) is 5.56 Å². The van der Waals surface area contributed by atoms with Crippen LogP contribution in [0, 0.1) is 5.92 Å². The topological polar surface area (TPSA) is 17.1 Å². The summed E-state index contributed by atoms with van der Waals surface area (Å²) in [5.41, 5.74) is 1.38. The minimum absolute atomic E-state index is 0.329. The molecule has 0 saturated heterocycles. The summed E-state index contributed by atoms with van der Waals surface area (Å²) in [6.07, 6.45) is 3.18. The summed E-state index contributed by atoms with van der Waals surface area (Å²) in [6.45, 7) is 0. The normalized spacial score (nSPS) is 27.7.